The Morgan fingerprint density at radius 1 is 1.00 bits per heavy atom. The summed E-state index contributed by atoms with van der Waals surface area (Å²) < 4.78 is 0. The van der Waals surface area contributed by atoms with Crippen molar-refractivity contribution in [1.82, 2.24) is 24.8 Å². The topological polar surface area (TPSA) is 71.9 Å². The Morgan fingerprint density at radius 2 is 1.84 bits per heavy atom. The number of carbonyl (C=O) groups is 1. The first-order valence-electron chi connectivity index (χ1n) is 8.54. The number of piperidine rings is 1. The van der Waals surface area contributed by atoms with Crippen LogP contribution in [0.5, 0.6) is 0 Å². The predicted octanol–water partition coefficient (Wildman–Crippen LogP) is 2.37. The summed E-state index contributed by atoms with van der Waals surface area (Å²) in [6.07, 6.45) is 7.25. The van der Waals surface area contributed by atoms with Crippen LogP contribution in [0.2, 0.25) is 0 Å². The highest BCUT2D eigenvalue weighted by molar-refractivity contribution is 5.79. The molecule has 3 aromatic rings. The predicted molar refractivity (Wildman–Crippen MR) is 93.8 cm³/mol. The van der Waals surface area contributed by atoms with E-state index in [9.17, 15) is 4.79 Å². The average molecular weight is 333 g/mol. The molecular weight excluding hydrogens is 314 g/mol. The van der Waals surface area contributed by atoms with E-state index in [-0.39, 0.29) is 5.91 Å². The number of carbonyl (C=O) groups excluding carboxylic acids is 1. The molecule has 1 aliphatic rings. The molecule has 4 rings (SSSR count). The standard InChI is InChI=1S/C19H19N5O/c25-17(12-15-4-1-2-8-20-15)24-10-6-14(7-11-24)18-16-5-3-9-21-19(16)23-13-22-18/h1-5,8-9,13-14H,6-7,10-12H2. The van der Waals surface area contributed by atoms with Crippen molar-refractivity contribution in [3.05, 3.63) is 60.4 Å². The fourth-order valence-electron chi connectivity index (χ4n) is 3.41. The van der Waals surface area contributed by atoms with Crippen molar-refractivity contribution in [2.45, 2.75) is 25.2 Å². The van der Waals surface area contributed by atoms with Crippen LogP contribution in [0.4, 0.5) is 0 Å². The van der Waals surface area contributed by atoms with E-state index in [2.05, 4.69) is 19.9 Å². The zero-order chi connectivity index (χ0) is 17.1. The van der Waals surface area contributed by atoms with Crippen molar-refractivity contribution in [1.29, 1.82) is 0 Å². The van der Waals surface area contributed by atoms with Crippen LogP contribution < -0.4 is 0 Å². The molecule has 4 heterocycles. The summed E-state index contributed by atoms with van der Waals surface area (Å²) >= 11 is 0. The van der Waals surface area contributed by atoms with Crippen molar-refractivity contribution in [2.75, 3.05) is 13.1 Å². The third-order valence-corrected chi connectivity index (χ3v) is 4.73. The highest BCUT2D eigenvalue weighted by Crippen LogP contribution is 2.30. The lowest BCUT2D eigenvalue weighted by Crippen LogP contribution is -2.39. The molecule has 0 bridgehead atoms. The van der Waals surface area contributed by atoms with E-state index in [0.29, 0.717) is 12.3 Å². The molecule has 0 unspecified atom stereocenters. The lowest BCUT2D eigenvalue weighted by Gasteiger charge is -2.32. The van der Waals surface area contributed by atoms with Gasteiger partial charge in [0, 0.05) is 42.5 Å². The number of hydrogen-bond donors (Lipinski definition) is 0. The number of pyridine rings is 2. The second-order valence-electron chi connectivity index (χ2n) is 6.29. The number of nitrogens with zero attached hydrogens (tertiary/aromatic N) is 5. The van der Waals surface area contributed by atoms with E-state index in [4.69, 9.17) is 0 Å². The van der Waals surface area contributed by atoms with Crippen LogP contribution in [0, 0.1) is 0 Å². The monoisotopic (exact) mass is 333 g/mol. The summed E-state index contributed by atoms with van der Waals surface area (Å²) in [5.41, 5.74) is 2.61. The van der Waals surface area contributed by atoms with Gasteiger partial charge in [-0.25, -0.2) is 15.0 Å². The van der Waals surface area contributed by atoms with Crippen LogP contribution in [-0.4, -0.2) is 43.8 Å². The second kappa shape index (κ2) is 6.93. The molecule has 0 aliphatic carbocycles. The zero-order valence-corrected chi connectivity index (χ0v) is 13.9. The normalized spacial score (nSPS) is 15.4. The van der Waals surface area contributed by atoms with Crippen molar-refractivity contribution in [3.8, 4) is 0 Å². The molecule has 1 aliphatic heterocycles. The fraction of sp³-hybridized carbons (Fsp3) is 0.316. The molecule has 1 fully saturated rings. The molecule has 0 spiro atoms. The Kier molecular flexibility index (Phi) is 4.33. The average Bonchev–Trinajstić information content (AvgIpc) is 2.68. The minimum atomic E-state index is 0.145. The van der Waals surface area contributed by atoms with Gasteiger partial charge in [0.05, 0.1) is 12.1 Å². The first-order chi connectivity index (χ1) is 12.3. The van der Waals surface area contributed by atoms with Gasteiger partial charge in [0.1, 0.15) is 6.33 Å². The number of rotatable bonds is 3. The molecule has 0 aromatic carbocycles. The largest absolute Gasteiger partial charge is 0.342 e. The molecule has 1 saturated heterocycles. The second-order valence-corrected chi connectivity index (χ2v) is 6.29. The van der Waals surface area contributed by atoms with E-state index in [1.165, 1.54) is 0 Å². The van der Waals surface area contributed by atoms with Crippen LogP contribution in [-0.2, 0) is 11.2 Å². The summed E-state index contributed by atoms with van der Waals surface area (Å²) in [6, 6.07) is 9.61. The lowest BCUT2D eigenvalue weighted by atomic mass is 9.91. The van der Waals surface area contributed by atoms with E-state index >= 15 is 0 Å². The minimum Gasteiger partial charge on any atom is -0.342 e. The Labute approximate surface area is 146 Å². The Morgan fingerprint density at radius 3 is 2.64 bits per heavy atom. The Hall–Kier alpha value is -2.89. The maximum Gasteiger partial charge on any atom is 0.228 e. The van der Waals surface area contributed by atoms with Gasteiger partial charge in [0.25, 0.3) is 0 Å². The van der Waals surface area contributed by atoms with E-state index in [1.54, 1.807) is 18.7 Å². The van der Waals surface area contributed by atoms with Crippen LogP contribution in [0.3, 0.4) is 0 Å². The van der Waals surface area contributed by atoms with Gasteiger partial charge in [-0.3, -0.25) is 9.78 Å². The quantitative estimate of drug-likeness (QED) is 0.736. The molecule has 126 valence electrons. The smallest absolute Gasteiger partial charge is 0.228 e. The summed E-state index contributed by atoms with van der Waals surface area (Å²) in [6.45, 7) is 1.50. The number of likely N-dealkylation sites (tertiary alicyclic amines) is 1. The van der Waals surface area contributed by atoms with Crippen molar-refractivity contribution >= 4 is 16.9 Å². The van der Waals surface area contributed by atoms with E-state index in [1.807, 2.05) is 35.2 Å². The minimum absolute atomic E-state index is 0.145. The number of aromatic nitrogens is 4. The SMILES string of the molecule is O=C(Cc1ccccn1)N1CCC(c2ncnc3ncccc23)CC1. The van der Waals surface area contributed by atoms with E-state index < -0.39 is 0 Å². The number of hydrogen-bond acceptors (Lipinski definition) is 5. The van der Waals surface area contributed by atoms with Gasteiger partial charge in [-0.05, 0) is 37.1 Å². The summed E-state index contributed by atoms with van der Waals surface area (Å²) in [4.78, 5) is 31.7. The zero-order valence-electron chi connectivity index (χ0n) is 13.9. The fourth-order valence-corrected chi connectivity index (χ4v) is 3.41. The molecule has 6 heteroatoms. The van der Waals surface area contributed by atoms with Gasteiger partial charge in [-0.2, -0.15) is 0 Å². The van der Waals surface area contributed by atoms with Gasteiger partial charge in [-0.1, -0.05) is 6.07 Å². The van der Waals surface area contributed by atoms with Crippen LogP contribution in [0.25, 0.3) is 11.0 Å². The highest BCUT2D eigenvalue weighted by Gasteiger charge is 2.26. The number of amides is 1. The van der Waals surface area contributed by atoms with Crippen molar-refractivity contribution in [3.63, 3.8) is 0 Å². The number of fused-ring (bicyclic) bond motifs is 1. The molecule has 1 amide bonds. The van der Waals surface area contributed by atoms with Crippen LogP contribution >= 0.6 is 0 Å². The molecule has 0 radical (unpaired) electrons. The highest BCUT2D eigenvalue weighted by atomic mass is 16.2. The van der Waals surface area contributed by atoms with Gasteiger partial charge < -0.3 is 4.90 Å². The van der Waals surface area contributed by atoms with Gasteiger partial charge in [0.2, 0.25) is 5.91 Å². The summed E-state index contributed by atoms with van der Waals surface area (Å²) in [5.74, 6) is 0.486. The molecule has 0 saturated carbocycles. The lowest BCUT2D eigenvalue weighted by molar-refractivity contribution is -0.131. The maximum absolute atomic E-state index is 12.5. The molecule has 0 N–H and O–H groups in total. The first kappa shape index (κ1) is 15.6. The summed E-state index contributed by atoms with van der Waals surface area (Å²) in [7, 11) is 0. The molecule has 25 heavy (non-hydrogen) atoms. The van der Waals surface area contributed by atoms with Crippen LogP contribution in [0.15, 0.2) is 49.1 Å². The Balaban J connectivity index is 1.43. The summed E-state index contributed by atoms with van der Waals surface area (Å²) in [5, 5.41) is 1.02. The van der Waals surface area contributed by atoms with Crippen LogP contribution in [0.1, 0.15) is 30.1 Å². The van der Waals surface area contributed by atoms with E-state index in [0.717, 1.165) is 48.4 Å². The maximum atomic E-state index is 12.5. The Bertz CT molecular complexity index is 870. The van der Waals surface area contributed by atoms with Gasteiger partial charge >= 0.3 is 0 Å². The first-order valence-corrected chi connectivity index (χ1v) is 8.54. The van der Waals surface area contributed by atoms with Crippen molar-refractivity contribution < 1.29 is 4.79 Å². The molecule has 3 aromatic heterocycles. The van der Waals surface area contributed by atoms with Gasteiger partial charge in [-0.15, -0.1) is 0 Å². The molecule has 6 nitrogen and oxygen atoms in total. The van der Waals surface area contributed by atoms with Gasteiger partial charge in [0.15, 0.2) is 5.65 Å². The molecule has 0 atom stereocenters. The third-order valence-electron chi connectivity index (χ3n) is 4.73. The third kappa shape index (κ3) is 3.33. The van der Waals surface area contributed by atoms with Crippen molar-refractivity contribution in [2.24, 2.45) is 0 Å². The molecular formula is C19H19N5O.